The van der Waals surface area contributed by atoms with E-state index >= 15 is 0 Å². The van der Waals surface area contributed by atoms with E-state index in [-0.39, 0.29) is 23.3 Å². The third kappa shape index (κ3) is 4.74. The third-order valence-electron chi connectivity index (χ3n) is 6.08. The Morgan fingerprint density at radius 2 is 2.00 bits per heavy atom. The molecule has 1 heterocycles. The van der Waals surface area contributed by atoms with E-state index in [2.05, 4.69) is 18.2 Å². The van der Waals surface area contributed by atoms with Crippen LogP contribution >= 0.6 is 11.8 Å². The fourth-order valence-corrected chi connectivity index (χ4v) is 5.30. The molecule has 7 heteroatoms. The van der Waals surface area contributed by atoms with Crippen LogP contribution in [0.5, 0.6) is 0 Å². The van der Waals surface area contributed by atoms with Crippen LogP contribution < -0.4 is 5.56 Å². The van der Waals surface area contributed by atoms with Gasteiger partial charge in [0, 0.05) is 27.3 Å². The lowest BCUT2D eigenvalue weighted by atomic mass is 9.87. The topological polar surface area (TPSA) is 64.4 Å². The maximum absolute atomic E-state index is 13.1. The molecular weight excluding hydrogens is 422 g/mol. The summed E-state index contributed by atoms with van der Waals surface area (Å²) in [6.45, 7) is 1.07. The number of carbonyl (C=O) groups is 1. The molecule has 1 amide bonds. The molecule has 3 aromatic rings. The summed E-state index contributed by atoms with van der Waals surface area (Å²) in [6.07, 6.45) is 3.83. The van der Waals surface area contributed by atoms with E-state index in [0.717, 1.165) is 19.3 Å². The quantitative estimate of drug-likeness (QED) is 0.294. The maximum atomic E-state index is 13.1. The number of benzene rings is 2. The molecule has 0 radical (unpaired) electrons. The van der Waals surface area contributed by atoms with Crippen LogP contribution in [-0.2, 0) is 22.5 Å². The number of methoxy groups -OCH3 is 1. The van der Waals surface area contributed by atoms with Crippen molar-refractivity contribution in [3.63, 3.8) is 0 Å². The lowest BCUT2D eigenvalue weighted by Gasteiger charge is -2.33. The van der Waals surface area contributed by atoms with Gasteiger partial charge in [-0.25, -0.2) is 4.98 Å². The highest BCUT2D eigenvalue weighted by molar-refractivity contribution is 7.99. The lowest BCUT2D eigenvalue weighted by Crippen LogP contribution is -2.34. The van der Waals surface area contributed by atoms with Gasteiger partial charge < -0.3 is 9.64 Å². The number of amides is 1. The summed E-state index contributed by atoms with van der Waals surface area (Å²) in [4.78, 5) is 32.8. The summed E-state index contributed by atoms with van der Waals surface area (Å²) in [5.74, 6) is 0.284. The molecule has 0 N–H and O–H groups in total. The largest absolute Gasteiger partial charge is 0.385 e. The molecule has 0 spiro atoms. The van der Waals surface area contributed by atoms with Crippen LogP contribution in [0.1, 0.15) is 36.4 Å². The Morgan fingerprint density at radius 3 is 2.84 bits per heavy atom. The van der Waals surface area contributed by atoms with E-state index in [4.69, 9.17) is 9.72 Å². The SMILES string of the molecule is COCCCn1c(SCC(=O)N(C)C2CCCc3ccccc32)nc2ccccc2c1=O. The Labute approximate surface area is 192 Å². The maximum Gasteiger partial charge on any atom is 0.262 e. The summed E-state index contributed by atoms with van der Waals surface area (Å²) >= 11 is 1.34. The standard InChI is InChI=1S/C25H29N3O3S/c1-27(22-14-7-10-18-9-3-4-11-19(18)22)23(29)17-32-25-26-21-13-6-5-12-20(21)24(30)28(25)15-8-16-31-2/h3-6,9,11-13,22H,7-8,10,14-17H2,1-2H3. The number of aromatic nitrogens is 2. The highest BCUT2D eigenvalue weighted by Gasteiger charge is 2.26. The summed E-state index contributed by atoms with van der Waals surface area (Å²) < 4.78 is 6.83. The Morgan fingerprint density at radius 1 is 1.22 bits per heavy atom. The van der Waals surface area contributed by atoms with Crippen molar-refractivity contribution in [2.75, 3.05) is 26.5 Å². The van der Waals surface area contributed by atoms with Crippen molar-refractivity contribution < 1.29 is 9.53 Å². The normalized spacial score (nSPS) is 15.5. The van der Waals surface area contributed by atoms with Gasteiger partial charge >= 0.3 is 0 Å². The van der Waals surface area contributed by atoms with Gasteiger partial charge in [0.1, 0.15) is 0 Å². The van der Waals surface area contributed by atoms with Crippen LogP contribution in [-0.4, -0.2) is 46.9 Å². The molecule has 0 aliphatic heterocycles. The minimum atomic E-state index is -0.0729. The first kappa shape index (κ1) is 22.6. The van der Waals surface area contributed by atoms with Gasteiger partial charge in [-0.15, -0.1) is 0 Å². The number of hydrogen-bond donors (Lipinski definition) is 0. The molecule has 0 saturated carbocycles. The molecule has 4 rings (SSSR count). The Kier molecular flexibility index (Phi) is 7.27. The number of rotatable bonds is 8. The number of fused-ring (bicyclic) bond motifs is 2. The van der Waals surface area contributed by atoms with E-state index in [0.29, 0.717) is 35.6 Å². The molecule has 6 nitrogen and oxygen atoms in total. The van der Waals surface area contributed by atoms with Crippen molar-refractivity contribution in [3.8, 4) is 0 Å². The summed E-state index contributed by atoms with van der Waals surface area (Å²) in [6, 6.07) is 15.9. The van der Waals surface area contributed by atoms with Crippen LogP contribution in [0.15, 0.2) is 58.5 Å². The number of para-hydroxylation sites is 1. The highest BCUT2D eigenvalue weighted by Crippen LogP contribution is 2.34. The molecule has 1 aromatic heterocycles. The molecule has 1 unspecified atom stereocenters. The average molecular weight is 452 g/mol. The molecule has 0 bridgehead atoms. The Balaban J connectivity index is 1.54. The molecule has 168 valence electrons. The smallest absolute Gasteiger partial charge is 0.262 e. The predicted molar refractivity (Wildman–Crippen MR) is 128 cm³/mol. The zero-order valence-electron chi connectivity index (χ0n) is 18.6. The van der Waals surface area contributed by atoms with E-state index in [9.17, 15) is 9.59 Å². The van der Waals surface area contributed by atoms with Crippen LogP contribution in [0.25, 0.3) is 10.9 Å². The number of carbonyl (C=O) groups excluding carboxylic acids is 1. The fourth-order valence-electron chi connectivity index (χ4n) is 4.35. The second-order valence-electron chi connectivity index (χ2n) is 8.11. The van der Waals surface area contributed by atoms with Gasteiger partial charge in [-0.1, -0.05) is 48.2 Å². The monoisotopic (exact) mass is 451 g/mol. The summed E-state index contributed by atoms with van der Waals surface area (Å²) in [5, 5.41) is 1.17. The molecular formula is C25H29N3O3S. The number of ether oxygens (including phenoxy) is 1. The molecule has 0 fully saturated rings. The summed E-state index contributed by atoms with van der Waals surface area (Å²) in [7, 11) is 3.53. The predicted octanol–water partition coefficient (Wildman–Crippen LogP) is 4.06. The number of hydrogen-bond acceptors (Lipinski definition) is 5. The van der Waals surface area contributed by atoms with Gasteiger partial charge in [-0.2, -0.15) is 0 Å². The second kappa shape index (κ2) is 10.3. The molecule has 1 atom stereocenters. The first-order valence-corrected chi connectivity index (χ1v) is 12.0. The van der Waals surface area contributed by atoms with Gasteiger partial charge in [0.05, 0.1) is 22.7 Å². The van der Waals surface area contributed by atoms with Gasteiger partial charge in [-0.05, 0) is 48.9 Å². The van der Waals surface area contributed by atoms with Crippen molar-refractivity contribution in [1.82, 2.24) is 14.5 Å². The highest BCUT2D eigenvalue weighted by atomic mass is 32.2. The van der Waals surface area contributed by atoms with E-state index in [1.165, 1.54) is 22.9 Å². The zero-order chi connectivity index (χ0) is 22.5. The minimum Gasteiger partial charge on any atom is -0.385 e. The molecule has 2 aromatic carbocycles. The number of nitrogens with zero attached hydrogens (tertiary/aromatic N) is 3. The molecule has 0 saturated heterocycles. The second-order valence-corrected chi connectivity index (χ2v) is 9.06. The zero-order valence-corrected chi connectivity index (χ0v) is 19.4. The Bertz CT molecular complexity index is 1160. The minimum absolute atomic E-state index is 0.0440. The van der Waals surface area contributed by atoms with Crippen molar-refractivity contribution in [2.45, 2.75) is 43.4 Å². The Hall–Kier alpha value is -2.64. The van der Waals surface area contributed by atoms with E-state index < -0.39 is 0 Å². The van der Waals surface area contributed by atoms with Gasteiger partial charge in [-0.3, -0.25) is 14.2 Å². The average Bonchev–Trinajstić information content (AvgIpc) is 2.83. The van der Waals surface area contributed by atoms with E-state index in [1.807, 2.05) is 36.2 Å². The van der Waals surface area contributed by atoms with Crippen molar-refractivity contribution >= 4 is 28.6 Å². The van der Waals surface area contributed by atoms with Crippen molar-refractivity contribution in [1.29, 1.82) is 0 Å². The van der Waals surface area contributed by atoms with E-state index in [1.54, 1.807) is 17.7 Å². The van der Waals surface area contributed by atoms with Crippen molar-refractivity contribution in [2.24, 2.45) is 0 Å². The third-order valence-corrected chi connectivity index (χ3v) is 7.04. The first-order chi connectivity index (χ1) is 15.6. The van der Waals surface area contributed by atoms with Crippen LogP contribution in [0.3, 0.4) is 0 Å². The van der Waals surface area contributed by atoms with Gasteiger partial charge in [0.15, 0.2) is 5.16 Å². The molecule has 1 aliphatic rings. The van der Waals surface area contributed by atoms with Crippen LogP contribution in [0, 0.1) is 0 Å². The number of thioether (sulfide) groups is 1. The summed E-state index contributed by atoms with van der Waals surface area (Å²) in [5.41, 5.74) is 3.17. The van der Waals surface area contributed by atoms with Gasteiger partial charge in [0.2, 0.25) is 5.91 Å². The fraction of sp³-hybridized carbons (Fsp3) is 0.400. The van der Waals surface area contributed by atoms with Crippen LogP contribution in [0.4, 0.5) is 0 Å². The first-order valence-electron chi connectivity index (χ1n) is 11.0. The lowest BCUT2D eigenvalue weighted by molar-refractivity contribution is -0.129. The molecule has 1 aliphatic carbocycles. The number of aryl methyl sites for hydroxylation is 1. The van der Waals surface area contributed by atoms with Gasteiger partial charge in [0.25, 0.3) is 5.56 Å². The van der Waals surface area contributed by atoms with Crippen molar-refractivity contribution in [3.05, 3.63) is 70.0 Å². The van der Waals surface area contributed by atoms with Crippen LogP contribution in [0.2, 0.25) is 0 Å². The molecule has 32 heavy (non-hydrogen) atoms.